The van der Waals surface area contributed by atoms with E-state index in [0.29, 0.717) is 17.2 Å². The molecule has 0 amide bonds. The van der Waals surface area contributed by atoms with E-state index in [0.717, 1.165) is 17.8 Å². The molecule has 2 rings (SSSR count). The summed E-state index contributed by atoms with van der Waals surface area (Å²) in [7, 11) is 0. The summed E-state index contributed by atoms with van der Waals surface area (Å²) in [5.74, 6) is -0.380. The van der Waals surface area contributed by atoms with Crippen molar-refractivity contribution in [3.8, 4) is 5.75 Å². The van der Waals surface area contributed by atoms with Crippen LogP contribution in [-0.4, -0.2) is 42.2 Å². The van der Waals surface area contributed by atoms with Gasteiger partial charge in [-0.1, -0.05) is 0 Å². The van der Waals surface area contributed by atoms with E-state index in [-0.39, 0.29) is 0 Å². The van der Waals surface area contributed by atoms with Gasteiger partial charge in [0, 0.05) is 11.4 Å². The molecule has 4 nitrogen and oxygen atoms in total. The molecule has 5 heteroatoms. The lowest BCUT2D eigenvalue weighted by Crippen LogP contribution is -2.22. The van der Waals surface area contributed by atoms with E-state index in [1.807, 2.05) is 13.0 Å². The lowest BCUT2D eigenvalue weighted by atomic mass is 10.4. The maximum Gasteiger partial charge on any atom is 0.349 e. The third-order valence-electron chi connectivity index (χ3n) is 3.09. The Labute approximate surface area is 111 Å². The molecule has 1 aromatic rings. The average Bonchev–Trinajstić information content (AvgIpc) is 2.93. The third-order valence-corrected chi connectivity index (χ3v) is 4.11. The van der Waals surface area contributed by atoms with Crippen LogP contribution in [0.15, 0.2) is 6.07 Å². The maximum absolute atomic E-state index is 11.0. The van der Waals surface area contributed by atoms with Gasteiger partial charge in [0.05, 0.1) is 6.61 Å². The van der Waals surface area contributed by atoms with Gasteiger partial charge in [-0.15, -0.1) is 11.3 Å². The predicted molar refractivity (Wildman–Crippen MR) is 71.8 cm³/mol. The molecule has 0 saturated carbocycles. The molecule has 0 unspecified atom stereocenters. The fourth-order valence-electron chi connectivity index (χ4n) is 2.22. The van der Waals surface area contributed by atoms with Crippen LogP contribution in [0.4, 0.5) is 0 Å². The minimum Gasteiger partial charge on any atom is -0.492 e. The monoisotopic (exact) mass is 269 g/mol. The van der Waals surface area contributed by atoms with Crippen LogP contribution in [0.2, 0.25) is 0 Å². The molecule has 0 aromatic carbocycles. The van der Waals surface area contributed by atoms with Crippen molar-refractivity contribution < 1.29 is 14.6 Å². The van der Waals surface area contributed by atoms with Crippen LogP contribution >= 0.6 is 11.3 Å². The molecular weight excluding hydrogens is 250 g/mol. The first-order valence-electron chi connectivity index (χ1n) is 6.35. The number of rotatable bonds is 6. The lowest BCUT2D eigenvalue weighted by Gasteiger charge is -2.14. The average molecular weight is 269 g/mol. The summed E-state index contributed by atoms with van der Waals surface area (Å²) in [6, 6.07) is 1.81. The first-order valence-corrected chi connectivity index (χ1v) is 7.17. The number of nitrogens with zero attached hydrogens (tertiary/aromatic N) is 1. The van der Waals surface area contributed by atoms with Gasteiger partial charge in [0.15, 0.2) is 4.88 Å². The van der Waals surface area contributed by atoms with Crippen molar-refractivity contribution in [3.63, 3.8) is 0 Å². The molecular formula is C13H19NO3S. The molecule has 0 bridgehead atoms. The molecule has 1 aromatic heterocycles. The van der Waals surface area contributed by atoms with Gasteiger partial charge in [0.2, 0.25) is 0 Å². The van der Waals surface area contributed by atoms with E-state index in [1.165, 1.54) is 37.3 Å². The summed E-state index contributed by atoms with van der Waals surface area (Å²) in [6.07, 6.45) is 3.55. The summed E-state index contributed by atoms with van der Waals surface area (Å²) in [5, 5.41) is 9.03. The summed E-state index contributed by atoms with van der Waals surface area (Å²) >= 11 is 1.27. The molecule has 0 radical (unpaired) electrons. The van der Waals surface area contributed by atoms with E-state index < -0.39 is 5.97 Å². The number of aryl methyl sites for hydroxylation is 1. The summed E-state index contributed by atoms with van der Waals surface area (Å²) in [6.45, 7) is 5.92. The van der Waals surface area contributed by atoms with Crippen LogP contribution in [-0.2, 0) is 0 Å². The normalized spacial score (nSPS) is 16.1. The molecule has 1 aliphatic heterocycles. The number of aromatic carboxylic acids is 1. The highest BCUT2D eigenvalue weighted by Crippen LogP contribution is 2.28. The predicted octanol–water partition coefficient (Wildman–Crippen LogP) is 2.62. The Hall–Kier alpha value is -1.07. The number of carbonyl (C=O) groups is 1. The first-order chi connectivity index (χ1) is 8.66. The van der Waals surface area contributed by atoms with Crippen LogP contribution in [0.25, 0.3) is 0 Å². The van der Waals surface area contributed by atoms with Crippen LogP contribution in [0.1, 0.15) is 33.8 Å². The van der Waals surface area contributed by atoms with Crippen molar-refractivity contribution in [2.24, 2.45) is 0 Å². The van der Waals surface area contributed by atoms with Gasteiger partial charge in [0.1, 0.15) is 5.75 Å². The fourth-order valence-corrected chi connectivity index (χ4v) is 3.02. The number of hydrogen-bond acceptors (Lipinski definition) is 4. The second-order valence-corrected chi connectivity index (χ2v) is 5.86. The van der Waals surface area contributed by atoms with E-state index in [2.05, 4.69) is 4.90 Å². The van der Waals surface area contributed by atoms with Crippen LogP contribution in [0.5, 0.6) is 5.75 Å². The molecule has 1 fully saturated rings. The topological polar surface area (TPSA) is 49.8 Å². The summed E-state index contributed by atoms with van der Waals surface area (Å²) < 4.78 is 5.58. The van der Waals surface area contributed by atoms with Crippen molar-refractivity contribution in [3.05, 3.63) is 15.8 Å². The minimum atomic E-state index is -0.900. The number of likely N-dealkylation sites (tertiary alicyclic amines) is 1. The van der Waals surface area contributed by atoms with E-state index in [1.54, 1.807) is 0 Å². The van der Waals surface area contributed by atoms with Crippen molar-refractivity contribution in [1.29, 1.82) is 0 Å². The second-order valence-electron chi connectivity index (χ2n) is 4.61. The fraction of sp³-hybridized carbons (Fsp3) is 0.615. The van der Waals surface area contributed by atoms with Crippen molar-refractivity contribution >= 4 is 17.3 Å². The maximum atomic E-state index is 11.0. The smallest absolute Gasteiger partial charge is 0.349 e. The second kappa shape index (κ2) is 6.20. The van der Waals surface area contributed by atoms with Gasteiger partial charge in [-0.25, -0.2) is 4.79 Å². The number of carboxylic acids is 1. The molecule has 1 saturated heterocycles. The van der Waals surface area contributed by atoms with E-state index in [9.17, 15) is 4.79 Å². The molecule has 2 heterocycles. The van der Waals surface area contributed by atoms with Gasteiger partial charge in [-0.3, -0.25) is 0 Å². The SMILES string of the molecule is Cc1cc(OCCCN2CCCC2)c(C(=O)O)s1. The Bertz CT molecular complexity index is 410. The zero-order valence-corrected chi connectivity index (χ0v) is 11.5. The first kappa shape index (κ1) is 13.4. The molecule has 1 aliphatic rings. The van der Waals surface area contributed by atoms with E-state index in [4.69, 9.17) is 9.84 Å². The molecule has 100 valence electrons. The van der Waals surface area contributed by atoms with Gasteiger partial charge >= 0.3 is 5.97 Å². The highest BCUT2D eigenvalue weighted by atomic mass is 32.1. The van der Waals surface area contributed by atoms with Crippen LogP contribution < -0.4 is 4.74 Å². The van der Waals surface area contributed by atoms with Gasteiger partial charge in [-0.2, -0.15) is 0 Å². The molecule has 0 atom stereocenters. The lowest BCUT2D eigenvalue weighted by molar-refractivity contribution is 0.0698. The van der Waals surface area contributed by atoms with Gasteiger partial charge in [-0.05, 0) is 45.3 Å². The quantitative estimate of drug-likeness (QED) is 0.807. The molecule has 18 heavy (non-hydrogen) atoms. The molecule has 0 spiro atoms. The van der Waals surface area contributed by atoms with Crippen LogP contribution in [0.3, 0.4) is 0 Å². The highest BCUT2D eigenvalue weighted by Gasteiger charge is 2.15. The Kier molecular flexibility index (Phi) is 4.60. The van der Waals surface area contributed by atoms with Crippen molar-refractivity contribution in [1.82, 2.24) is 4.90 Å². The Morgan fingerprint density at radius 3 is 2.89 bits per heavy atom. The largest absolute Gasteiger partial charge is 0.492 e. The van der Waals surface area contributed by atoms with Gasteiger partial charge in [0.25, 0.3) is 0 Å². The Balaban J connectivity index is 1.77. The number of ether oxygens (including phenoxy) is 1. The van der Waals surface area contributed by atoms with E-state index >= 15 is 0 Å². The number of carboxylic acid groups (broad SMARTS) is 1. The Morgan fingerprint density at radius 2 is 2.22 bits per heavy atom. The summed E-state index contributed by atoms with van der Waals surface area (Å²) in [4.78, 5) is 14.7. The van der Waals surface area contributed by atoms with Crippen molar-refractivity contribution in [2.45, 2.75) is 26.2 Å². The van der Waals surface area contributed by atoms with Crippen LogP contribution in [0, 0.1) is 6.92 Å². The minimum absolute atomic E-state index is 0.314. The molecule has 1 N–H and O–H groups in total. The Morgan fingerprint density at radius 1 is 1.50 bits per heavy atom. The highest BCUT2D eigenvalue weighted by molar-refractivity contribution is 7.14. The zero-order valence-electron chi connectivity index (χ0n) is 10.6. The summed E-state index contributed by atoms with van der Waals surface area (Å²) in [5.41, 5.74) is 0. The zero-order chi connectivity index (χ0) is 13.0. The number of hydrogen-bond donors (Lipinski definition) is 1. The van der Waals surface area contributed by atoms with Crippen molar-refractivity contribution in [2.75, 3.05) is 26.2 Å². The third kappa shape index (κ3) is 3.46. The van der Waals surface area contributed by atoms with Gasteiger partial charge < -0.3 is 14.7 Å². The number of thiophene rings is 1. The standard InChI is InChI=1S/C13H19NO3S/c1-10-9-11(12(18-10)13(15)16)17-8-4-7-14-5-2-3-6-14/h9H,2-8H2,1H3,(H,15,16). The molecule has 0 aliphatic carbocycles.